The number of hydrogen-bond acceptors (Lipinski definition) is 4. The molecule has 1 aromatic heterocycles. The van der Waals surface area contributed by atoms with E-state index in [1.807, 2.05) is 0 Å². The van der Waals surface area contributed by atoms with E-state index in [1.165, 1.54) is 23.1 Å². The van der Waals surface area contributed by atoms with Crippen LogP contribution in [0.2, 0.25) is 0 Å². The van der Waals surface area contributed by atoms with Crippen molar-refractivity contribution in [2.45, 2.75) is 24.2 Å². The number of sulfonamides is 1. The number of rotatable bonds is 6. The van der Waals surface area contributed by atoms with Crippen molar-refractivity contribution in [1.29, 1.82) is 0 Å². The Bertz CT molecular complexity index is 791. The fourth-order valence-electron chi connectivity index (χ4n) is 2.87. The van der Waals surface area contributed by atoms with Crippen molar-refractivity contribution >= 4 is 22.4 Å². The van der Waals surface area contributed by atoms with Crippen LogP contribution in [0.5, 0.6) is 0 Å². The number of para-hydroxylation sites is 1. The first kappa shape index (κ1) is 19.8. The Labute approximate surface area is 153 Å². The summed E-state index contributed by atoms with van der Waals surface area (Å²) in [7, 11) is -3.64. The molecule has 1 aliphatic rings. The molecule has 0 spiro atoms. The molecule has 6 nitrogen and oxygen atoms in total. The Morgan fingerprint density at radius 3 is 2.88 bits per heavy atom. The third-order valence-electron chi connectivity index (χ3n) is 4.21. The van der Waals surface area contributed by atoms with E-state index in [9.17, 15) is 12.8 Å². The van der Waals surface area contributed by atoms with Crippen molar-refractivity contribution in [3.05, 3.63) is 42.5 Å². The molecule has 138 valence electrons. The Balaban J connectivity index is 0.00000225. The monoisotopic (exact) mass is 388 g/mol. The summed E-state index contributed by atoms with van der Waals surface area (Å²) in [5.41, 5.74) is 0.215. The van der Waals surface area contributed by atoms with Crippen LogP contribution in [0.4, 0.5) is 4.39 Å². The molecule has 0 saturated carbocycles. The molecule has 0 bridgehead atoms. The van der Waals surface area contributed by atoms with Gasteiger partial charge in [-0.1, -0.05) is 12.1 Å². The predicted molar refractivity (Wildman–Crippen MR) is 96.2 cm³/mol. The standard InChI is InChI=1S/C16H21FN4O2S.ClH/c17-15-5-1-2-6-16(15)21-12-14(11-19-21)24(22,23)20-9-7-13-4-3-8-18-10-13;/h1-2,5-6,11-13,18,20H,3-4,7-10H2;1H. The summed E-state index contributed by atoms with van der Waals surface area (Å²) >= 11 is 0. The van der Waals surface area contributed by atoms with E-state index in [0.29, 0.717) is 12.5 Å². The van der Waals surface area contributed by atoms with Crippen LogP contribution in [0, 0.1) is 11.7 Å². The van der Waals surface area contributed by atoms with Gasteiger partial charge in [0.25, 0.3) is 0 Å². The maximum atomic E-state index is 13.8. The first-order chi connectivity index (χ1) is 11.6. The van der Waals surface area contributed by atoms with E-state index in [0.717, 1.165) is 32.4 Å². The smallest absolute Gasteiger partial charge is 0.243 e. The summed E-state index contributed by atoms with van der Waals surface area (Å²) in [5, 5.41) is 7.27. The van der Waals surface area contributed by atoms with Gasteiger partial charge in [0, 0.05) is 6.54 Å². The molecular weight excluding hydrogens is 367 g/mol. The topological polar surface area (TPSA) is 76.0 Å². The van der Waals surface area contributed by atoms with Crippen molar-refractivity contribution in [3.8, 4) is 5.69 Å². The van der Waals surface area contributed by atoms with Crippen LogP contribution < -0.4 is 10.0 Å². The molecule has 2 N–H and O–H groups in total. The Kier molecular flexibility index (Phi) is 6.95. The normalized spacial score (nSPS) is 17.9. The molecule has 1 unspecified atom stereocenters. The lowest BCUT2D eigenvalue weighted by molar-refractivity contribution is 0.358. The van der Waals surface area contributed by atoms with Crippen LogP contribution in [0.3, 0.4) is 0 Å². The first-order valence-electron chi connectivity index (χ1n) is 8.06. The van der Waals surface area contributed by atoms with Gasteiger partial charge in [0.1, 0.15) is 16.4 Å². The number of halogens is 2. The predicted octanol–water partition coefficient (Wildman–Crippen LogP) is 2.10. The molecule has 3 rings (SSSR count). The number of benzene rings is 1. The van der Waals surface area contributed by atoms with Gasteiger partial charge in [0.2, 0.25) is 10.0 Å². The molecule has 1 atom stereocenters. The zero-order valence-corrected chi connectivity index (χ0v) is 15.3. The number of piperidine rings is 1. The molecule has 0 radical (unpaired) electrons. The molecule has 9 heteroatoms. The molecule has 1 fully saturated rings. The Morgan fingerprint density at radius 1 is 1.36 bits per heavy atom. The quantitative estimate of drug-likeness (QED) is 0.794. The number of nitrogens with zero attached hydrogens (tertiary/aromatic N) is 2. The summed E-state index contributed by atoms with van der Waals surface area (Å²) in [5.74, 6) is 0.0462. The van der Waals surface area contributed by atoms with Crippen molar-refractivity contribution in [2.75, 3.05) is 19.6 Å². The number of hydrogen-bond donors (Lipinski definition) is 2. The van der Waals surface area contributed by atoms with Crippen LogP contribution in [0.25, 0.3) is 5.69 Å². The van der Waals surface area contributed by atoms with Crippen molar-refractivity contribution in [1.82, 2.24) is 19.8 Å². The van der Waals surface area contributed by atoms with E-state index in [1.54, 1.807) is 18.2 Å². The van der Waals surface area contributed by atoms with Gasteiger partial charge >= 0.3 is 0 Å². The van der Waals surface area contributed by atoms with Gasteiger partial charge < -0.3 is 5.32 Å². The molecular formula is C16H22ClFN4O2S. The second kappa shape index (κ2) is 8.75. The van der Waals surface area contributed by atoms with Crippen LogP contribution in [0.1, 0.15) is 19.3 Å². The minimum absolute atomic E-state index is 0. The SMILES string of the molecule is Cl.O=S(=O)(NCCC1CCCNC1)c1cnn(-c2ccccc2F)c1. The Hall–Kier alpha value is -1.48. The number of aromatic nitrogens is 2. The highest BCUT2D eigenvalue weighted by atomic mass is 35.5. The van der Waals surface area contributed by atoms with Gasteiger partial charge in [0.15, 0.2) is 0 Å². The van der Waals surface area contributed by atoms with Crippen LogP contribution >= 0.6 is 12.4 Å². The zero-order chi connectivity index (χ0) is 17.0. The molecule has 2 aromatic rings. The van der Waals surface area contributed by atoms with Crippen LogP contribution in [-0.2, 0) is 10.0 Å². The first-order valence-corrected chi connectivity index (χ1v) is 9.54. The average molecular weight is 389 g/mol. The van der Waals surface area contributed by atoms with Crippen molar-refractivity contribution < 1.29 is 12.8 Å². The van der Waals surface area contributed by atoms with E-state index in [2.05, 4.69) is 15.1 Å². The molecule has 1 saturated heterocycles. The summed E-state index contributed by atoms with van der Waals surface area (Å²) in [4.78, 5) is 0.0347. The molecule has 0 amide bonds. The van der Waals surface area contributed by atoms with Gasteiger partial charge in [-0.25, -0.2) is 22.2 Å². The van der Waals surface area contributed by atoms with Gasteiger partial charge in [-0.15, -0.1) is 12.4 Å². The largest absolute Gasteiger partial charge is 0.316 e. The third-order valence-corrected chi connectivity index (χ3v) is 5.63. The summed E-state index contributed by atoms with van der Waals surface area (Å²) in [6.07, 6.45) is 5.61. The van der Waals surface area contributed by atoms with E-state index in [-0.39, 0.29) is 23.0 Å². The maximum absolute atomic E-state index is 13.8. The van der Waals surface area contributed by atoms with Gasteiger partial charge in [-0.05, 0) is 50.4 Å². The molecule has 0 aliphatic carbocycles. The highest BCUT2D eigenvalue weighted by Gasteiger charge is 2.19. The van der Waals surface area contributed by atoms with Crippen molar-refractivity contribution in [2.24, 2.45) is 5.92 Å². The lowest BCUT2D eigenvalue weighted by atomic mass is 9.96. The minimum Gasteiger partial charge on any atom is -0.316 e. The van der Waals surface area contributed by atoms with Gasteiger partial charge in [-0.3, -0.25) is 0 Å². The molecule has 1 aliphatic heterocycles. The van der Waals surface area contributed by atoms with E-state index < -0.39 is 15.8 Å². The second-order valence-corrected chi connectivity index (χ2v) is 7.74. The van der Waals surface area contributed by atoms with Crippen LogP contribution in [-0.4, -0.2) is 37.8 Å². The zero-order valence-electron chi connectivity index (χ0n) is 13.7. The summed E-state index contributed by atoms with van der Waals surface area (Å²) in [6, 6.07) is 6.09. The number of nitrogens with one attached hydrogen (secondary N) is 2. The van der Waals surface area contributed by atoms with E-state index >= 15 is 0 Å². The van der Waals surface area contributed by atoms with Crippen molar-refractivity contribution in [3.63, 3.8) is 0 Å². The Morgan fingerprint density at radius 2 is 2.16 bits per heavy atom. The highest BCUT2D eigenvalue weighted by Crippen LogP contribution is 2.16. The van der Waals surface area contributed by atoms with Gasteiger partial charge in [0.05, 0.1) is 12.4 Å². The molecule has 25 heavy (non-hydrogen) atoms. The molecule has 1 aromatic carbocycles. The fraction of sp³-hybridized carbons (Fsp3) is 0.438. The summed E-state index contributed by atoms with van der Waals surface area (Å²) < 4.78 is 42.2. The average Bonchev–Trinajstić information content (AvgIpc) is 3.07. The minimum atomic E-state index is -3.64. The second-order valence-electron chi connectivity index (χ2n) is 5.97. The van der Waals surface area contributed by atoms with E-state index in [4.69, 9.17) is 0 Å². The molecule has 2 heterocycles. The lowest BCUT2D eigenvalue weighted by Crippen LogP contribution is -2.33. The maximum Gasteiger partial charge on any atom is 0.243 e. The highest BCUT2D eigenvalue weighted by molar-refractivity contribution is 7.89. The van der Waals surface area contributed by atoms with Crippen LogP contribution in [0.15, 0.2) is 41.6 Å². The summed E-state index contributed by atoms with van der Waals surface area (Å²) in [6.45, 7) is 2.37. The third kappa shape index (κ3) is 5.01. The fourth-order valence-corrected chi connectivity index (χ4v) is 3.84. The van der Waals surface area contributed by atoms with Gasteiger partial charge in [-0.2, -0.15) is 5.10 Å². The lowest BCUT2D eigenvalue weighted by Gasteiger charge is -2.22.